The van der Waals surface area contributed by atoms with E-state index in [9.17, 15) is 9.59 Å². The van der Waals surface area contributed by atoms with Crippen molar-refractivity contribution in [3.63, 3.8) is 0 Å². The Bertz CT molecular complexity index is 1100. The number of rotatable bonds is 9. The molecule has 32 heavy (non-hydrogen) atoms. The summed E-state index contributed by atoms with van der Waals surface area (Å²) in [6, 6.07) is 14.4. The van der Waals surface area contributed by atoms with Gasteiger partial charge in [0.2, 0.25) is 5.91 Å². The lowest BCUT2D eigenvalue weighted by atomic mass is 10.2. The second kappa shape index (κ2) is 10.8. The van der Waals surface area contributed by atoms with E-state index in [0.717, 1.165) is 11.3 Å². The number of thioether (sulfide) groups is 1. The van der Waals surface area contributed by atoms with Crippen LogP contribution in [0.4, 0.5) is 5.69 Å². The SMILES string of the molecule is Cc1cccc(OCc2nnc(SCC(=O)Nc3cccc(C(=O)OC(C)C)c3)n2C)c1. The van der Waals surface area contributed by atoms with Crippen LogP contribution in [-0.4, -0.2) is 38.5 Å². The summed E-state index contributed by atoms with van der Waals surface area (Å²) < 4.78 is 12.8. The summed E-state index contributed by atoms with van der Waals surface area (Å²) >= 11 is 1.27. The standard InChI is InChI=1S/C23H26N4O4S/c1-15(2)31-22(29)17-8-6-9-18(12-17)24-21(28)14-32-23-26-25-20(27(23)4)13-30-19-10-5-7-16(3)11-19/h5-12,15H,13-14H2,1-4H3,(H,24,28). The zero-order chi connectivity index (χ0) is 23.1. The highest BCUT2D eigenvalue weighted by Crippen LogP contribution is 2.19. The van der Waals surface area contributed by atoms with Gasteiger partial charge in [0.05, 0.1) is 17.4 Å². The monoisotopic (exact) mass is 454 g/mol. The van der Waals surface area contributed by atoms with Crippen LogP contribution in [-0.2, 0) is 23.2 Å². The van der Waals surface area contributed by atoms with Gasteiger partial charge in [-0.1, -0.05) is 30.0 Å². The molecule has 3 aromatic rings. The Labute approximate surface area is 191 Å². The fourth-order valence-electron chi connectivity index (χ4n) is 2.78. The van der Waals surface area contributed by atoms with Gasteiger partial charge in [-0.05, 0) is 56.7 Å². The van der Waals surface area contributed by atoms with Crippen molar-refractivity contribution in [2.45, 2.75) is 38.6 Å². The fourth-order valence-corrected chi connectivity index (χ4v) is 3.51. The molecule has 1 N–H and O–H groups in total. The highest BCUT2D eigenvalue weighted by Gasteiger charge is 2.14. The second-order valence-electron chi connectivity index (χ2n) is 7.43. The Hall–Kier alpha value is -3.33. The lowest BCUT2D eigenvalue weighted by Crippen LogP contribution is -2.16. The second-order valence-corrected chi connectivity index (χ2v) is 8.38. The molecule has 0 spiro atoms. The molecule has 0 aliphatic rings. The number of hydrogen-bond donors (Lipinski definition) is 1. The molecule has 0 aliphatic heterocycles. The maximum atomic E-state index is 12.4. The molecule has 0 aliphatic carbocycles. The number of hydrogen-bond acceptors (Lipinski definition) is 7. The van der Waals surface area contributed by atoms with E-state index in [0.29, 0.717) is 22.2 Å². The Morgan fingerprint density at radius 1 is 1.12 bits per heavy atom. The van der Waals surface area contributed by atoms with E-state index in [1.807, 2.05) is 38.2 Å². The van der Waals surface area contributed by atoms with Crippen LogP contribution >= 0.6 is 11.8 Å². The van der Waals surface area contributed by atoms with Crippen LogP contribution in [0.15, 0.2) is 53.7 Å². The van der Waals surface area contributed by atoms with Gasteiger partial charge in [0.25, 0.3) is 0 Å². The molecule has 9 heteroatoms. The van der Waals surface area contributed by atoms with E-state index >= 15 is 0 Å². The number of nitrogens with zero attached hydrogens (tertiary/aromatic N) is 3. The first-order chi connectivity index (χ1) is 15.3. The van der Waals surface area contributed by atoms with E-state index in [4.69, 9.17) is 9.47 Å². The van der Waals surface area contributed by atoms with E-state index in [1.54, 1.807) is 42.7 Å². The molecule has 8 nitrogen and oxygen atoms in total. The smallest absolute Gasteiger partial charge is 0.338 e. The van der Waals surface area contributed by atoms with Gasteiger partial charge in [-0.3, -0.25) is 4.79 Å². The largest absolute Gasteiger partial charge is 0.486 e. The third kappa shape index (κ3) is 6.58. The predicted molar refractivity (Wildman–Crippen MR) is 123 cm³/mol. The quantitative estimate of drug-likeness (QED) is 0.386. The molecular formula is C23H26N4O4S. The zero-order valence-corrected chi connectivity index (χ0v) is 19.3. The van der Waals surface area contributed by atoms with Gasteiger partial charge in [-0.15, -0.1) is 10.2 Å². The summed E-state index contributed by atoms with van der Waals surface area (Å²) in [4.78, 5) is 24.4. The first kappa shape index (κ1) is 23.3. The van der Waals surface area contributed by atoms with E-state index in [-0.39, 0.29) is 24.4 Å². The van der Waals surface area contributed by atoms with Crippen molar-refractivity contribution in [1.29, 1.82) is 0 Å². The minimum absolute atomic E-state index is 0.144. The normalized spacial score (nSPS) is 10.8. The molecule has 0 radical (unpaired) electrons. The lowest BCUT2D eigenvalue weighted by Gasteiger charge is -2.10. The van der Waals surface area contributed by atoms with Crippen LogP contribution < -0.4 is 10.1 Å². The van der Waals surface area contributed by atoms with Crippen molar-refractivity contribution in [2.75, 3.05) is 11.1 Å². The van der Waals surface area contributed by atoms with Crippen molar-refractivity contribution < 1.29 is 19.1 Å². The van der Waals surface area contributed by atoms with E-state index in [1.165, 1.54) is 11.8 Å². The topological polar surface area (TPSA) is 95.3 Å². The molecule has 0 fully saturated rings. The number of amides is 1. The van der Waals surface area contributed by atoms with Crippen molar-refractivity contribution >= 4 is 29.3 Å². The highest BCUT2D eigenvalue weighted by atomic mass is 32.2. The molecule has 0 unspecified atom stereocenters. The third-order valence-corrected chi connectivity index (χ3v) is 5.36. The number of carbonyl (C=O) groups is 2. The molecule has 1 heterocycles. The van der Waals surface area contributed by atoms with Crippen molar-refractivity contribution in [3.8, 4) is 5.75 Å². The summed E-state index contributed by atoms with van der Waals surface area (Å²) in [7, 11) is 1.83. The average molecular weight is 455 g/mol. The van der Waals surface area contributed by atoms with Crippen LogP contribution in [0.3, 0.4) is 0 Å². The molecule has 1 amide bonds. The molecule has 168 valence electrons. The molecule has 2 aromatic carbocycles. The van der Waals surface area contributed by atoms with Gasteiger partial charge in [0.1, 0.15) is 12.4 Å². The average Bonchev–Trinajstić information content (AvgIpc) is 3.10. The number of esters is 1. The fraction of sp³-hybridized carbons (Fsp3) is 0.304. The number of benzene rings is 2. The number of aromatic nitrogens is 3. The van der Waals surface area contributed by atoms with Crippen LogP contribution in [0.1, 0.15) is 35.6 Å². The maximum Gasteiger partial charge on any atom is 0.338 e. The first-order valence-electron chi connectivity index (χ1n) is 10.1. The van der Waals surface area contributed by atoms with Crippen LogP contribution in [0.2, 0.25) is 0 Å². The molecule has 3 rings (SSSR count). The summed E-state index contributed by atoms with van der Waals surface area (Å²) in [5.74, 6) is 0.924. The van der Waals surface area contributed by atoms with Gasteiger partial charge < -0.3 is 19.4 Å². The van der Waals surface area contributed by atoms with Crippen molar-refractivity contribution in [1.82, 2.24) is 14.8 Å². The van der Waals surface area contributed by atoms with Crippen LogP contribution in [0.25, 0.3) is 0 Å². The molecule has 0 atom stereocenters. The Morgan fingerprint density at radius 3 is 2.66 bits per heavy atom. The number of nitrogens with one attached hydrogen (secondary N) is 1. The Morgan fingerprint density at radius 2 is 1.91 bits per heavy atom. The summed E-state index contributed by atoms with van der Waals surface area (Å²) in [5.41, 5.74) is 2.03. The van der Waals surface area contributed by atoms with Crippen molar-refractivity contribution in [3.05, 3.63) is 65.5 Å². The predicted octanol–water partition coefficient (Wildman–Crippen LogP) is 4.00. The van der Waals surface area contributed by atoms with E-state index in [2.05, 4.69) is 15.5 Å². The van der Waals surface area contributed by atoms with Gasteiger partial charge in [-0.25, -0.2) is 4.79 Å². The van der Waals surface area contributed by atoms with Crippen LogP contribution in [0.5, 0.6) is 5.75 Å². The van der Waals surface area contributed by atoms with Gasteiger partial charge in [-0.2, -0.15) is 0 Å². The maximum absolute atomic E-state index is 12.4. The summed E-state index contributed by atoms with van der Waals surface area (Å²) in [5, 5.41) is 11.7. The third-order valence-electron chi connectivity index (χ3n) is 4.34. The van der Waals surface area contributed by atoms with Gasteiger partial charge in [0, 0.05) is 12.7 Å². The summed E-state index contributed by atoms with van der Waals surface area (Å²) in [6.07, 6.45) is -0.212. The molecule has 0 bridgehead atoms. The Kier molecular flexibility index (Phi) is 7.88. The first-order valence-corrected chi connectivity index (χ1v) is 11.1. The van der Waals surface area contributed by atoms with Crippen molar-refractivity contribution in [2.24, 2.45) is 7.05 Å². The molecule has 0 saturated heterocycles. The van der Waals surface area contributed by atoms with E-state index < -0.39 is 5.97 Å². The minimum atomic E-state index is -0.426. The highest BCUT2D eigenvalue weighted by molar-refractivity contribution is 7.99. The van der Waals surface area contributed by atoms with Gasteiger partial charge >= 0.3 is 5.97 Å². The number of carbonyl (C=O) groups excluding carboxylic acids is 2. The zero-order valence-electron chi connectivity index (χ0n) is 18.5. The van der Waals surface area contributed by atoms with Crippen LogP contribution in [0, 0.1) is 6.92 Å². The molecular weight excluding hydrogens is 428 g/mol. The minimum Gasteiger partial charge on any atom is -0.486 e. The molecule has 1 aromatic heterocycles. The lowest BCUT2D eigenvalue weighted by molar-refractivity contribution is -0.113. The number of ether oxygens (including phenoxy) is 2. The van der Waals surface area contributed by atoms with Gasteiger partial charge in [0.15, 0.2) is 11.0 Å². The molecule has 0 saturated carbocycles. The number of anilines is 1. The number of aryl methyl sites for hydroxylation is 1. The summed E-state index contributed by atoms with van der Waals surface area (Å²) in [6.45, 7) is 5.85. The Balaban J connectivity index is 1.52.